The van der Waals surface area contributed by atoms with Crippen molar-refractivity contribution in [2.24, 2.45) is 0 Å². The third kappa shape index (κ3) is 1.95. The molecule has 1 heterocycles. The highest BCUT2D eigenvalue weighted by Gasteiger charge is 2.15. The summed E-state index contributed by atoms with van der Waals surface area (Å²) < 4.78 is 0. The maximum absolute atomic E-state index is 11.5. The predicted octanol–water partition coefficient (Wildman–Crippen LogP) is 4.36. The normalized spacial score (nSPS) is 11.2. The van der Waals surface area contributed by atoms with E-state index in [0.717, 1.165) is 41.1 Å². The lowest BCUT2D eigenvalue weighted by atomic mass is 10.00. The number of unbranched alkanes of at least 4 members (excludes halogenated alkanes) is 1. The van der Waals surface area contributed by atoms with Crippen LogP contribution in [-0.2, 0) is 6.42 Å². The van der Waals surface area contributed by atoms with Gasteiger partial charge in [-0.2, -0.15) is 0 Å². The molecule has 3 aromatic rings. The first-order valence-corrected chi connectivity index (χ1v) is 6.98. The SMILES string of the molecule is CCCCc1ccc(C(=O)O)c2c1[nH]c1ccccc12. The second-order valence-electron chi connectivity index (χ2n) is 5.10. The molecule has 3 heteroatoms. The van der Waals surface area contributed by atoms with Gasteiger partial charge in [0.1, 0.15) is 0 Å². The number of rotatable bonds is 4. The van der Waals surface area contributed by atoms with Crippen LogP contribution in [0.25, 0.3) is 21.8 Å². The second kappa shape index (κ2) is 5.00. The second-order valence-corrected chi connectivity index (χ2v) is 5.10. The van der Waals surface area contributed by atoms with Gasteiger partial charge in [0.05, 0.1) is 11.1 Å². The molecule has 0 aliphatic heterocycles. The Kier molecular flexibility index (Phi) is 3.18. The minimum atomic E-state index is -0.873. The number of hydrogen-bond acceptors (Lipinski definition) is 1. The van der Waals surface area contributed by atoms with E-state index < -0.39 is 5.97 Å². The van der Waals surface area contributed by atoms with Crippen LogP contribution in [0.2, 0.25) is 0 Å². The fraction of sp³-hybridized carbons (Fsp3) is 0.235. The quantitative estimate of drug-likeness (QED) is 0.737. The number of H-pyrrole nitrogens is 1. The van der Waals surface area contributed by atoms with Gasteiger partial charge < -0.3 is 10.1 Å². The van der Waals surface area contributed by atoms with Gasteiger partial charge in [0.25, 0.3) is 0 Å². The number of carbonyl (C=O) groups is 1. The van der Waals surface area contributed by atoms with E-state index in [1.807, 2.05) is 30.3 Å². The van der Waals surface area contributed by atoms with Crippen LogP contribution in [0.15, 0.2) is 36.4 Å². The number of aromatic carboxylic acids is 1. The zero-order valence-electron chi connectivity index (χ0n) is 11.4. The number of nitrogens with one attached hydrogen (secondary N) is 1. The third-order valence-electron chi connectivity index (χ3n) is 3.78. The van der Waals surface area contributed by atoms with E-state index in [2.05, 4.69) is 11.9 Å². The molecule has 3 rings (SSSR count). The van der Waals surface area contributed by atoms with Gasteiger partial charge in [-0.25, -0.2) is 4.79 Å². The molecular formula is C17H17NO2. The van der Waals surface area contributed by atoms with Crippen LogP contribution < -0.4 is 0 Å². The summed E-state index contributed by atoms with van der Waals surface area (Å²) in [7, 11) is 0. The van der Waals surface area contributed by atoms with Crippen molar-refractivity contribution >= 4 is 27.8 Å². The molecule has 2 aromatic carbocycles. The Hall–Kier alpha value is -2.29. The number of aromatic nitrogens is 1. The molecule has 0 bridgehead atoms. The van der Waals surface area contributed by atoms with Crippen molar-refractivity contribution in [1.82, 2.24) is 4.98 Å². The highest BCUT2D eigenvalue weighted by molar-refractivity contribution is 6.16. The number of carboxylic acid groups (broad SMARTS) is 1. The molecule has 20 heavy (non-hydrogen) atoms. The first kappa shape index (κ1) is 12.7. The number of fused-ring (bicyclic) bond motifs is 3. The van der Waals surface area contributed by atoms with Crippen LogP contribution in [0.3, 0.4) is 0 Å². The molecule has 1 aromatic heterocycles. The number of aryl methyl sites for hydroxylation is 1. The fourth-order valence-corrected chi connectivity index (χ4v) is 2.77. The number of para-hydroxylation sites is 1. The van der Waals surface area contributed by atoms with E-state index in [9.17, 15) is 9.90 Å². The molecule has 0 aliphatic rings. The molecule has 0 spiro atoms. The zero-order valence-corrected chi connectivity index (χ0v) is 11.4. The van der Waals surface area contributed by atoms with Crippen LogP contribution in [0.1, 0.15) is 35.7 Å². The molecule has 0 aliphatic carbocycles. The van der Waals surface area contributed by atoms with Crippen molar-refractivity contribution in [3.8, 4) is 0 Å². The lowest BCUT2D eigenvalue weighted by Crippen LogP contribution is -1.98. The van der Waals surface area contributed by atoms with Gasteiger partial charge in [-0.05, 0) is 30.5 Å². The van der Waals surface area contributed by atoms with Gasteiger partial charge in [0.15, 0.2) is 0 Å². The number of hydrogen-bond donors (Lipinski definition) is 2. The van der Waals surface area contributed by atoms with Crippen LogP contribution in [0, 0.1) is 0 Å². The summed E-state index contributed by atoms with van der Waals surface area (Å²) in [5.74, 6) is -0.873. The van der Waals surface area contributed by atoms with E-state index in [-0.39, 0.29) is 0 Å². The first-order valence-electron chi connectivity index (χ1n) is 6.98. The van der Waals surface area contributed by atoms with Crippen molar-refractivity contribution in [2.45, 2.75) is 26.2 Å². The monoisotopic (exact) mass is 267 g/mol. The average molecular weight is 267 g/mol. The number of benzene rings is 2. The largest absolute Gasteiger partial charge is 0.478 e. The molecule has 0 amide bonds. The van der Waals surface area contributed by atoms with Gasteiger partial charge in [-0.15, -0.1) is 0 Å². The summed E-state index contributed by atoms with van der Waals surface area (Å²) in [5.41, 5.74) is 3.54. The first-order chi connectivity index (χ1) is 9.72. The Balaban J connectivity index is 2.35. The summed E-state index contributed by atoms with van der Waals surface area (Å²) in [6.07, 6.45) is 3.21. The van der Waals surface area contributed by atoms with E-state index in [0.29, 0.717) is 5.56 Å². The van der Waals surface area contributed by atoms with E-state index >= 15 is 0 Å². The molecule has 0 saturated carbocycles. The van der Waals surface area contributed by atoms with E-state index in [4.69, 9.17) is 0 Å². The fourth-order valence-electron chi connectivity index (χ4n) is 2.77. The third-order valence-corrected chi connectivity index (χ3v) is 3.78. The predicted molar refractivity (Wildman–Crippen MR) is 81.4 cm³/mol. The number of carboxylic acids is 1. The smallest absolute Gasteiger partial charge is 0.336 e. The standard InChI is InChI=1S/C17H17NO2/c1-2-3-6-11-9-10-13(17(19)20)15-12-7-4-5-8-14(12)18-16(11)15/h4-5,7-10,18H,2-3,6H2,1H3,(H,19,20). The molecule has 0 radical (unpaired) electrons. The van der Waals surface area contributed by atoms with E-state index in [1.165, 1.54) is 5.56 Å². The lowest BCUT2D eigenvalue weighted by molar-refractivity contribution is 0.0699. The van der Waals surface area contributed by atoms with Crippen LogP contribution in [0.5, 0.6) is 0 Å². The molecular weight excluding hydrogens is 250 g/mol. The maximum atomic E-state index is 11.5. The zero-order chi connectivity index (χ0) is 14.1. The Morgan fingerprint density at radius 3 is 2.75 bits per heavy atom. The molecule has 3 nitrogen and oxygen atoms in total. The molecule has 0 atom stereocenters. The van der Waals surface area contributed by atoms with Crippen LogP contribution in [-0.4, -0.2) is 16.1 Å². The minimum Gasteiger partial charge on any atom is -0.478 e. The van der Waals surface area contributed by atoms with Gasteiger partial charge in [0.2, 0.25) is 0 Å². The Morgan fingerprint density at radius 1 is 1.20 bits per heavy atom. The van der Waals surface area contributed by atoms with Crippen molar-refractivity contribution in [3.63, 3.8) is 0 Å². The number of aromatic amines is 1. The van der Waals surface area contributed by atoms with Crippen LogP contribution >= 0.6 is 0 Å². The van der Waals surface area contributed by atoms with Gasteiger partial charge >= 0.3 is 5.97 Å². The molecule has 0 unspecified atom stereocenters. The average Bonchev–Trinajstić information content (AvgIpc) is 2.84. The summed E-state index contributed by atoms with van der Waals surface area (Å²) in [4.78, 5) is 14.9. The molecule has 2 N–H and O–H groups in total. The summed E-state index contributed by atoms with van der Waals surface area (Å²) in [5, 5.41) is 11.2. The van der Waals surface area contributed by atoms with Crippen LogP contribution in [0.4, 0.5) is 0 Å². The van der Waals surface area contributed by atoms with Crippen molar-refractivity contribution < 1.29 is 9.90 Å². The minimum absolute atomic E-state index is 0.373. The highest BCUT2D eigenvalue weighted by Crippen LogP contribution is 2.31. The topological polar surface area (TPSA) is 53.1 Å². The van der Waals surface area contributed by atoms with Gasteiger partial charge in [0, 0.05) is 16.3 Å². The lowest BCUT2D eigenvalue weighted by Gasteiger charge is -2.05. The van der Waals surface area contributed by atoms with Gasteiger partial charge in [-0.1, -0.05) is 37.6 Å². The highest BCUT2D eigenvalue weighted by atomic mass is 16.4. The van der Waals surface area contributed by atoms with E-state index in [1.54, 1.807) is 6.07 Å². The van der Waals surface area contributed by atoms with Gasteiger partial charge in [-0.3, -0.25) is 0 Å². The molecule has 102 valence electrons. The Labute approximate surface area is 117 Å². The molecule has 0 saturated heterocycles. The molecule has 0 fully saturated rings. The van der Waals surface area contributed by atoms with Crippen molar-refractivity contribution in [1.29, 1.82) is 0 Å². The summed E-state index contributed by atoms with van der Waals surface area (Å²) in [6, 6.07) is 11.5. The Morgan fingerprint density at radius 2 is 2.00 bits per heavy atom. The Bertz CT molecular complexity index is 786. The van der Waals surface area contributed by atoms with Crippen molar-refractivity contribution in [3.05, 3.63) is 47.5 Å². The summed E-state index contributed by atoms with van der Waals surface area (Å²) >= 11 is 0. The maximum Gasteiger partial charge on any atom is 0.336 e. The summed E-state index contributed by atoms with van der Waals surface area (Å²) in [6.45, 7) is 2.16. The van der Waals surface area contributed by atoms with Crippen molar-refractivity contribution in [2.75, 3.05) is 0 Å².